The molecule has 1 aromatic carbocycles. The first-order valence-electron chi connectivity index (χ1n) is 11.9. The van der Waals surface area contributed by atoms with Gasteiger partial charge in [0.2, 0.25) is 0 Å². The lowest BCUT2D eigenvalue weighted by atomic mass is 10.1. The van der Waals surface area contributed by atoms with Gasteiger partial charge in [-0.25, -0.2) is 9.97 Å². The van der Waals surface area contributed by atoms with Crippen molar-refractivity contribution in [1.82, 2.24) is 35.5 Å². The molecule has 188 valence electrons. The monoisotopic (exact) mass is 503 g/mol. The minimum atomic E-state index is -0.277. The van der Waals surface area contributed by atoms with Crippen molar-refractivity contribution in [1.29, 1.82) is 0 Å². The number of pyridine rings is 2. The molecule has 0 spiro atoms. The topological polar surface area (TPSA) is 134 Å². The summed E-state index contributed by atoms with van der Waals surface area (Å²) in [6, 6.07) is 20.9. The molecule has 4 aromatic heterocycles. The number of amides is 1. The number of aromatic nitrogens is 6. The second-order valence-electron chi connectivity index (χ2n) is 8.47. The van der Waals surface area contributed by atoms with Crippen molar-refractivity contribution in [2.24, 2.45) is 4.99 Å². The van der Waals surface area contributed by atoms with E-state index in [1.54, 1.807) is 37.8 Å². The number of anilines is 2. The molecule has 0 unspecified atom stereocenters. The number of H-pyrrole nitrogens is 1. The summed E-state index contributed by atoms with van der Waals surface area (Å²) in [5.41, 5.74) is 5.37. The normalized spacial score (nSPS) is 11.0. The molecule has 5 rings (SSSR count). The number of carbonyl (C=O) groups excluding carboxylic acids is 1. The van der Waals surface area contributed by atoms with Crippen LogP contribution in [0.4, 0.5) is 11.6 Å². The Bertz CT molecular complexity index is 1560. The molecule has 0 fully saturated rings. The van der Waals surface area contributed by atoms with Crippen molar-refractivity contribution in [3.8, 4) is 22.6 Å². The molecule has 38 heavy (non-hydrogen) atoms. The molecule has 0 bridgehead atoms. The zero-order valence-electron chi connectivity index (χ0n) is 20.9. The third kappa shape index (κ3) is 5.93. The summed E-state index contributed by atoms with van der Waals surface area (Å²) in [6.45, 7) is 2.23. The maximum absolute atomic E-state index is 12.7. The number of benzene rings is 1. The molecule has 10 heteroatoms. The van der Waals surface area contributed by atoms with Crippen LogP contribution in [-0.4, -0.2) is 49.3 Å². The van der Waals surface area contributed by atoms with E-state index in [2.05, 4.69) is 45.8 Å². The summed E-state index contributed by atoms with van der Waals surface area (Å²) in [6.07, 6.45) is 5.03. The van der Waals surface area contributed by atoms with Crippen molar-refractivity contribution < 1.29 is 4.79 Å². The standard InChI is InChI=1S/C28H25N9O/c1-18-12-25(34-26-13-22(17-29-2)36-37-26)35-27(33-18)21-9-11-24(31-16-21)28(38)32-15-19-8-10-23(30-14-19)20-6-4-3-5-7-20/h3-14,16-17H,15H2,1-2H3,(H,32,38)(H2,33,34,35,36,37). The van der Waals surface area contributed by atoms with E-state index in [1.807, 2.05) is 61.5 Å². The number of hydrogen-bond donors (Lipinski definition) is 3. The minimum Gasteiger partial charge on any atom is -0.347 e. The van der Waals surface area contributed by atoms with Crippen molar-refractivity contribution >= 4 is 23.8 Å². The van der Waals surface area contributed by atoms with Gasteiger partial charge in [0.05, 0.1) is 11.4 Å². The lowest BCUT2D eigenvalue weighted by Crippen LogP contribution is -2.23. The van der Waals surface area contributed by atoms with Crippen molar-refractivity contribution in [2.75, 3.05) is 12.4 Å². The number of aryl methyl sites for hydroxylation is 1. The molecule has 0 saturated heterocycles. The maximum atomic E-state index is 12.7. The largest absolute Gasteiger partial charge is 0.347 e. The van der Waals surface area contributed by atoms with E-state index in [9.17, 15) is 4.79 Å². The molecule has 10 nitrogen and oxygen atoms in total. The van der Waals surface area contributed by atoms with E-state index in [4.69, 9.17) is 0 Å². The molecule has 0 aliphatic rings. The zero-order chi connectivity index (χ0) is 26.3. The van der Waals surface area contributed by atoms with Crippen LogP contribution >= 0.6 is 0 Å². The average molecular weight is 504 g/mol. The van der Waals surface area contributed by atoms with Gasteiger partial charge in [-0.1, -0.05) is 36.4 Å². The number of nitrogens with one attached hydrogen (secondary N) is 3. The minimum absolute atomic E-state index is 0.277. The molecule has 3 N–H and O–H groups in total. The van der Waals surface area contributed by atoms with Gasteiger partial charge in [0, 0.05) is 61.2 Å². The van der Waals surface area contributed by atoms with Crippen LogP contribution in [0.15, 0.2) is 84.1 Å². The van der Waals surface area contributed by atoms with Crippen LogP contribution < -0.4 is 10.6 Å². The van der Waals surface area contributed by atoms with Crippen LogP contribution in [0.1, 0.15) is 27.4 Å². The fourth-order valence-electron chi connectivity index (χ4n) is 3.74. The Morgan fingerprint density at radius 2 is 1.82 bits per heavy atom. The third-order valence-corrected chi connectivity index (χ3v) is 5.58. The number of rotatable bonds is 8. The number of carbonyl (C=O) groups is 1. The highest BCUT2D eigenvalue weighted by atomic mass is 16.1. The van der Waals surface area contributed by atoms with E-state index < -0.39 is 0 Å². The molecule has 1 amide bonds. The van der Waals surface area contributed by atoms with E-state index in [-0.39, 0.29) is 5.91 Å². The Labute approximate surface area is 219 Å². The summed E-state index contributed by atoms with van der Waals surface area (Å²) in [5, 5.41) is 13.1. The van der Waals surface area contributed by atoms with Crippen LogP contribution in [-0.2, 0) is 6.54 Å². The fraction of sp³-hybridized carbons (Fsp3) is 0.107. The average Bonchev–Trinajstić information content (AvgIpc) is 3.39. The summed E-state index contributed by atoms with van der Waals surface area (Å²) in [5.74, 6) is 1.41. The van der Waals surface area contributed by atoms with Crippen molar-refractivity contribution in [3.05, 3.63) is 102 Å². The molecule has 5 aromatic rings. The van der Waals surface area contributed by atoms with Crippen molar-refractivity contribution in [2.45, 2.75) is 13.5 Å². The first kappa shape index (κ1) is 24.4. The molecule has 0 atom stereocenters. The summed E-state index contributed by atoms with van der Waals surface area (Å²) < 4.78 is 0. The van der Waals surface area contributed by atoms with Gasteiger partial charge in [0.15, 0.2) is 11.6 Å². The SMILES string of the molecule is CN=Cc1cc(Nc2cc(C)nc(-c3ccc(C(=O)NCc4ccc(-c5ccccc5)nc4)nc3)n2)n[nH]1. The van der Waals surface area contributed by atoms with Crippen molar-refractivity contribution in [3.63, 3.8) is 0 Å². The van der Waals surface area contributed by atoms with Crippen LogP contribution in [0.25, 0.3) is 22.6 Å². The Morgan fingerprint density at radius 1 is 0.947 bits per heavy atom. The summed E-state index contributed by atoms with van der Waals surface area (Å²) >= 11 is 0. The predicted molar refractivity (Wildman–Crippen MR) is 146 cm³/mol. The number of aromatic amines is 1. The van der Waals surface area contributed by atoms with Gasteiger partial charge in [-0.2, -0.15) is 5.10 Å². The van der Waals surface area contributed by atoms with Crippen LogP contribution in [0.3, 0.4) is 0 Å². The van der Waals surface area contributed by atoms with Crippen LogP contribution in [0.2, 0.25) is 0 Å². The Kier molecular flexibility index (Phi) is 7.21. The van der Waals surface area contributed by atoms with Gasteiger partial charge >= 0.3 is 0 Å². The van der Waals surface area contributed by atoms with Gasteiger partial charge in [0.1, 0.15) is 11.5 Å². The van der Waals surface area contributed by atoms with Gasteiger partial charge in [0.25, 0.3) is 5.91 Å². The van der Waals surface area contributed by atoms with E-state index in [0.29, 0.717) is 35.3 Å². The zero-order valence-corrected chi connectivity index (χ0v) is 20.9. The second kappa shape index (κ2) is 11.2. The molecular weight excluding hydrogens is 478 g/mol. The highest BCUT2D eigenvalue weighted by molar-refractivity contribution is 5.92. The highest BCUT2D eigenvalue weighted by Crippen LogP contribution is 2.20. The number of nitrogens with zero attached hydrogens (tertiary/aromatic N) is 6. The molecule has 0 radical (unpaired) electrons. The van der Waals surface area contributed by atoms with E-state index in [0.717, 1.165) is 28.2 Å². The first-order chi connectivity index (χ1) is 18.6. The van der Waals surface area contributed by atoms with Gasteiger partial charge in [-0.15, -0.1) is 0 Å². The van der Waals surface area contributed by atoms with E-state index >= 15 is 0 Å². The lowest BCUT2D eigenvalue weighted by Gasteiger charge is -2.08. The Morgan fingerprint density at radius 3 is 2.55 bits per heavy atom. The van der Waals surface area contributed by atoms with Gasteiger partial charge in [-0.3, -0.25) is 24.9 Å². The summed E-state index contributed by atoms with van der Waals surface area (Å²) in [4.78, 5) is 34.5. The first-order valence-corrected chi connectivity index (χ1v) is 11.9. The van der Waals surface area contributed by atoms with Crippen LogP contribution in [0, 0.1) is 6.92 Å². The maximum Gasteiger partial charge on any atom is 0.270 e. The molecular formula is C28H25N9O. The molecule has 0 aliphatic heterocycles. The quantitative estimate of drug-likeness (QED) is 0.268. The van der Waals surface area contributed by atoms with Gasteiger partial charge < -0.3 is 10.6 Å². The fourth-order valence-corrected chi connectivity index (χ4v) is 3.74. The third-order valence-electron chi connectivity index (χ3n) is 5.58. The second-order valence-corrected chi connectivity index (χ2v) is 8.47. The van der Waals surface area contributed by atoms with Crippen LogP contribution in [0.5, 0.6) is 0 Å². The number of aliphatic imine (C=N–C) groups is 1. The number of hydrogen-bond acceptors (Lipinski definition) is 8. The Balaban J connectivity index is 1.22. The predicted octanol–water partition coefficient (Wildman–Crippen LogP) is 4.35. The molecule has 0 saturated carbocycles. The smallest absolute Gasteiger partial charge is 0.270 e. The lowest BCUT2D eigenvalue weighted by molar-refractivity contribution is 0.0946. The Hall–Kier alpha value is -5.25. The van der Waals surface area contributed by atoms with Gasteiger partial charge in [-0.05, 0) is 30.7 Å². The van der Waals surface area contributed by atoms with E-state index in [1.165, 1.54) is 0 Å². The summed E-state index contributed by atoms with van der Waals surface area (Å²) in [7, 11) is 1.69. The molecule has 4 heterocycles. The highest BCUT2D eigenvalue weighted by Gasteiger charge is 2.11. The molecule has 0 aliphatic carbocycles.